The van der Waals surface area contributed by atoms with Crippen LogP contribution in [0.5, 0.6) is 0 Å². The van der Waals surface area contributed by atoms with Gasteiger partial charge < -0.3 is 4.74 Å². The second-order valence-corrected chi connectivity index (χ2v) is 10.7. The highest BCUT2D eigenvalue weighted by Crippen LogP contribution is 2.28. The minimum absolute atomic E-state index is 0.0615. The smallest absolute Gasteiger partial charge is 0.309 e. The van der Waals surface area contributed by atoms with Crippen LogP contribution in [0.1, 0.15) is 36.1 Å². The number of benzene rings is 1. The molecule has 4 rings (SSSR count). The number of aryl methyl sites for hydroxylation is 3. The minimum Gasteiger partial charge on any atom is -0.464 e. The molecule has 0 amide bonds. The van der Waals surface area contributed by atoms with Crippen molar-refractivity contribution < 1.29 is 17.9 Å². The van der Waals surface area contributed by atoms with E-state index in [2.05, 4.69) is 0 Å². The molecule has 9 heteroatoms. The summed E-state index contributed by atoms with van der Waals surface area (Å²) < 4.78 is 34.4. The van der Waals surface area contributed by atoms with Crippen LogP contribution in [0.4, 0.5) is 0 Å². The van der Waals surface area contributed by atoms with Gasteiger partial charge in [-0.25, -0.2) is 8.42 Å². The summed E-state index contributed by atoms with van der Waals surface area (Å²) in [7, 11) is -3.54. The minimum atomic E-state index is -3.54. The average Bonchev–Trinajstić information content (AvgIpc) is 3.34. The lowest BCUT2D eigenvalue weighted by molar-refractivity contribution is -0.150. The fourth-order valence-electron chi connectivity index (χ4n) is 4.22. The molecule has 0 spiro atoms. The zero-order valence-electron chi connectivity index (χ0n) is 17.0. The van der Waals surface area contributed by atoms with Gasteiger partial charge in [0.1, 0.15) is 6.61 Å². The monoisotopic (exact) mass is 450 g/mol. The summed E-state index contributed by atoms with van der Waals surface area (Å²) in [6.45, 7) is 2.94. The fraction of sp³-hybridized carbons (Fsp3) is 0.524. The van der Waals surface area contributed by atoms with Crippen LogP contribution < -0.4 is 4.87 Å². The Morgan fingerprint density at radius 1 is 1.20 bits per heavy atom. The molecule has 162 valence electrons. The van der Waals surface area contributed by atoms with Crippen molar-refractivity contribution in [1.82, 2.24) is 8.87 Å². The second kappa shape index (κ2) is 8.64. The van der Waals surface area contributed by atoms with E-state index in [4.69, 9.17) is 4.74 Å². The van der Waals surface area contributed by atoms with Crippen molar-refractivity contribution in [3.05, 3.63) is 50.1 Å². The zero-order valence-corrected chi connectivity index (χ0v) is 18.6. The molecule has 2 aliphatic rings. The van der Waals surface area contributed by atoms with E-state index in [-0.39, 0.29) is 23.4 Å². The number of ether oxygens (including phenoxy) is 1. The van der Waals surface area contributed by atoms with Gasteiger partial charge in [-0.05, 0) is 62.3 Å². The van der Waals surface area contributed by atoms with E-state index in [9.17, 15) is 18.0 Å². The molecule has 30 heavy (non-hydrogen) atoms. The molecular formula is C21H26N2O5S2. The SMILES string of the molecule is Cc1csc(=O)n1CCOC(=O)C1CCN(S(=O)(=O)c2ccc3c(c2)CCC3)CC1. The van der Waals surface area contributed by atoms with Gasteiger partial charge in [0.05, 0.1) is 17.4 Å². The number of hydrogen-bond acceptors (Lipinski definition) is 6. The molecule has 0 radical (unpaired) electrons. The third-order valence-electron chi connectivity index (χ3n) is 6.03. The van der Waals surface area contributed by atoms with Crippen molar-refractivity contribution in [2.24, 2.45) is 5.92 Å². The lowest BCUT2D eigenvalue weighted by Crippen LogP contribution is -2.40. The summed E-state index contributed by atoms with van der Waals surface area (Å²) in [5.41, 5.74) is 3.23. The highest BCUT2D eigenvalue weighted by Gasteiger charge is 2.33. The number of piperidine rings is 1. The Kier molecular flexibility index (Phi) is 6.13. The van der Waals surface area contributed by atoms with Crippen LogP contribution >= 0.6 is 11.3 Å². The largest absolute Gasteiger partial charge is 0.464 e. The van der Waals surface area contributed by atoms with Crippen molar-refractivity contribution in [1.29, 1.82) is 0 Å². The van der Waals surface area contributed by atoms with E-state index in [1.165, 1.54) is 9.87 Å². The molecule has 0 bridgehead atoms. The molecule has 1 aliphatic carbocycles. The Bertz CT molecular complexity index is 1090. The van der Waals surface area contributed by atoms with Gasteiger partial charge in [-0.1, -0.05) is 17.4 Å². The third-order valence-corrected chi connectivity index (χ3v) is 8.81. The Balaban J connectivity index is 1.31. The van der Waals surface area contributed by atoms with Gasteiger partial charge in [-0.3, -0.25) is 14.2 Å². The predicted molar refractivity (Wildman–Crippen MR) is 114 cm³/mol. The van der Waals surface area contributed by atoms with Crippen LogP contribution in [0.15, 0.2) is 33.3 Å². The Morgan fingerprint density at radius 3 is 2.63 bits per heavy atom. The molecule has 1 aromatic heterocycles. The number of rotatable bonds is 6. The van der Waals surface area contributed by atoms with Crippen LogP contribution in [0.3, 0.4) is 0 Å². The molecule has 1 aliphatic heterocycles. The zero-order chi connectivity index (χ0) is 21.3. The maximum atomic E-state index is 13.0. The van der Waals surface area contributed by atoms with E-state index >= 15 is 0 Å². The van der Waals surface area contributed by atoms with Crippen molar-refractivity contribution in [2.75, 3.05) is 19.7 Å². The summed E-state index contributed by atoms with van der Waals surface area (Å²) in [6.07, 6.45) is 3.92. The number of esters is 1. The summed E-state index contributed by atoms with van der Waals surface area (Å²) in [5, 5.41) is 1.78. The van der Waals surface area contributed by atoms with Gasteiger partial charge in [0, 0.05) is 24.2 Å². The predicted octanol–water partition coefficient (Wildman–Crippen LogP) is 2.35. The van der Waals surface area contributed by atoms with Gasteiger partial charge in [0.2, 0.25) is 10.0 Å². The second-order valence-electron chi connectivity index (χ2n) is 7.92. The highest BCUT2D eigenvalue weighted by atomic mass is 32.2. The summed E-state index contributed by atoms with van der Waals surface area (Å²) in [5.74, 6) is -0.623. The first-order valence-electron chi connectivity index (χ1n) is 10.3. The van der Waals surface area contributed by atoms with E-state index in [0.717, 1.165) is 41.9 Å². The van der Waals surface area contributed by atoms with Crippen LogP contribution in [-0.2, 0) is 38.9 Å². The number of hydrogen-bond donors (Lipinski definition) is 0. The average molecular weight is 451 g/mol. The summed E-state index contributed by atoms with van der Waals surface area (Å²) >= 11 is 1.13. The Morgan fingerprint density at radius 2 is 1.93 bits per heavy atom. The number of sulfonamides is 1. The van der Waals surface area contributed by atoms with Crippen LogP contribution in [-0.4, -0.2) is 43.0 Å². The topological polar surface area (TPSA) is 85.7 Å². The van der Waals surface area contributed by atoms with E-state index in [0.29, 0.717) is 37.4 Å². The Labute approximate surface area is 180 Å². The molecule has 0 atom stereocenters. The molecule has 2 heterocycles. The molecule has 7 nitrogen and oxygen atoms in total. The molecule has 1 saturated heterocycles. The van der Waals surface area contributed by atoms with Crippen molar-refractivity contribution in [2.45, 2.75) is 50.5 Å². The van der Waals surface area contributed by atoms with Crippen LogP contribution in [0.2, 0.25) is 0 Å². The highest BCUT2D eigenvalue weighted by molar-refractivity contribution is 7.89. The normalized spacial score (nSPS) is 17.8. The van der Waals surface area contributed by atoms with Gasteiger partial charge in [0.15, 0.2) is 0 Å². The maximum absolute atomic E-state index is 13.0. The number of carbonyl (C=O) groups is 1. The first kappa shape index (κ1) is 21.3. The van der Waals surface area contributed by atoms with E-state index in [1.807, 2.05) is 19.1 Å². The van der Waals surface area contributed by atoms with Crippen LogP contribution in [0, 0.1) is 12.8 Å². The van der Waals surface area contributed by atoms with Crippen molar-refractivity contribution >= 4 is 27.3 Å². The molecule has 1 fully saturated rings. The fourth-order valence-corrected chi connectivity index (χ4v) is 6.50. The van der Waals surface area contributed by atoms with Gasteiger partial charge in [-0.2, -0.15) is 4.31 Å². The molecular weight excluding hydrogens is 424 g/mol. The molecule has 0 saturated carbocycles. The maximum Gasteiger partial charge on any atom is 0.309 e. The first-order chi connectivity index (χ1) is 14.4. The van der Waals surface area contributed by atoms with E-state index < -0.39 is 10.0 Å². The first-order valence-corrected chi connectivity index (χ1v) is 12.6. The lowest BCUT2D eigenvalue weighted by Gasteiger charge is -2.30. The number of fused-ring (bicyclic) bond motifs is 1. The number of carbonyl (C=O) groups excluding carboxylic acids is 1. The van der Waals surface area contributed by atoms with Crippen molar-refractivity contribution in [3.63, 3.8) is 0 Å². The molecule has 0 unspecified atom stereocenters. The Hall–Kier alpha value is -1.97. The third kappa shape index (κ3) is 4.24. The molecule has 1 aromatic carbocycles. The van der Waals surface area contributed by atoms with Crippen molar-refractivity contribution in [3.8, 4) is 0 Å². The van der Waals surface area contributed by atoms with Gasteiger partial charge in [0.25, 0.3) is 0 Å². The van der Waals surface area contributed by atoms with Gasteiger partial charge in [-0.15, -0.1) is 0 Å². The summed E-state index contributed by atoms with van der Waals surface area (Å²) in [4.78, 5) is 24.4. The lowest BCUT2D eigenvalue weighted by atomic mass is 9.98. The number of nitrogens with zero attached hydrogens (tertiary/aromatic N) is 2. The number of aromatic nitrogens is 1. The van der Waals surface area contributed by atoms with Gasteiger partial charge >= 0.3 is 10.8 Å². The van der Waals surface area contributed by atoms with E-state index in [1.54, 1.807) is 16.0 Å². The molecule has 0 N–H and O–H groups in total. The quantitative estimate of drug-likeness (QED) is 0.631. The summed E-state index contributed by atoms with van der Waals surface area (Å²) in [6, 6.07) is 5.44. The molecule has 2 aromatic rings. The number of thiazole rings is 1. The standard InChI is InChI=1S/C21H26N2O5S2/c1-15-14-29-21(25)23(15)11-12-28-20(24)17-7-9-22(10-8-17)30(26,27)19-6-5-16-3-2-4-18(16)13-19/h5-6,13-14,17H,2-4,7-12H2,1H3. The van der Waals surface area contributed by atoms with Crippen LogP contribution in [0.25, 0.3) is 0 Å².